The van der Waals surface area contributed by atoms with E-state index in [2.05, 4.69) is 26.6 Å². The largest absolute Gasteiger partial charge is 0.353 e. The highest BCUT2D eigenvalue weighted by molar-refractivity contribution is 9.10. The Kier molecular flexibility index (Phi) is 5.14. The summed E-state index contributed by atoms with van der Waals surface area (Å²) in [5.41, 5.74) is 6.40. The molecule has 0 aromatic heterocycles. The molecule has 6 heteroatoms. The molecule has 1 unspecified atom stereocenters. The zero-order valence-corrected chi connectivity index (χ0v) is 12.7. The molecular weight excluding hydrogens is 322 g/mol. The molecule has 4 N–H and O–H groups in total. The van der Waals surface area contributed by atoms with E-state index in [1.807, 2.05) is 6.07 Å². The van der Waals surface area contributed by atoms with Gasteiger partial charge in [-0.1, -0.05) is 22.0 Å². The van der Waals surface area contributed by atoms with Crippen LogP contribution in [0.2, 0.25) is 0 Å². The summed E-state index contributed by atoms with van der Waals surface area (Å²) in [5, 5.41) is 5.32. The summed E-state index contributed by atoms with van der Waals surface area (Å²) in [4.78, 5) is 23.4. The van der Waals surface area contributed by atoms with Gasteiger partial charge < -0.3 is 16.4 Å². The van der Waals surface area contributed by atoms with Crippen LogP contribution in [0.25, 0.3) is 0 Å². The van der Waals surface area contributed by atoms with Crippen LogP contribution < -0.4 is 16.4 Å². The third-order valence-corrected chi connectivity index (χ3v) is 3.75. The molecule has 5 nitrogen and oxygen atoms in total. The van der Waals surface area contributed by atoms with Gasteiger partial charge in [0, 0.05) is 22.6 Å². The molecule has 1 aromatic carbocycles. The van der Waals surface area contributed by atoms with Gasteiger partial charge in [0.1, 0.15) is 0 Å². The van der Waals surface area contributed by atoms with E-state index in [0.717, 1.165) is 17.3 Å². The van der Waals surface area contributed by atoms with Gasteiger partial charge in [-0.3, -0.25) is 9.59 Å². The van der Waals surface area contributed by atoms with Crippen LogP contribution in [0.1, 0.15) is 23.2 Å². The van der Waals surface area contributed by atoms with Crippen molar-refractivity contribution >= 4 is 27.7 Å². The summed E-state index contributed by atoms with van der Waals surface area (Å²) in [7, 11) is 0. The van der Waals surface area contributed by atoms with E-state index in [1.54, 1.807) is 18.2 Å². The molecule has 0 aliphatic heterocycles. The number of hydrogen-bond acceptors (Lipinski definition) is 3. The number of amides is 2. The lowest BCUT2D eigenvalue weighted by Gasteiger charge is -2.12. The maximum atomic E-state index is 11.8. The molecule has 1 aliphatic rings. The molecule has 0 heterocycles. The van der Waals surface area contributed by atoms with Crippen LogP contribution in [0.5, 0.6) is 0 Å². The molecule has 108 valence electrons. The first kappa shape index (κ1) is 15.0. The van der Waals surface area contributed by atoms with Crippen molar-refractivity contribution in [3.05, 3.63) is 34.3 Å². The average molecular weight is 340 g/mol. The van der Waals surface area contributed by atoms with Crippen molar-refractivity contribution in [3.8, 4) is 0 Å². The molecule has 0 radical (unpaired) electrons. The Morgan fingerprint density at radius 3 is 2.75 bits per heavy atom. The second kappa shape index (κ2) is 6.85. The van der Waals surface area contributed by atoms with Gasteiger partial charge in [-0.05, 0) is 37.0 Å². The molecule has 1 saturated carbocycles. The van der Waals surface area contributed by atoms with Crippen LogP contribution in [0.4, 0.5) is 0 Å². The second-order valence-electron chi connectivity index (χ2n) is 5.00. The van der Waals surface area contributed by atoms with Gasteiger partial charge in [-0.25, -0.2) is 0 Å². The third kappa shape index (κ3) is 4.61. The van der Waals surface area contributed by atoms with Gasteiger partial charge in [0.2, 0.25) is 5.91 Å². The summed E-state index contributed by atoms with van der Waals surface area (Å²) >= 11 is 3.30. The minimum absolute atomic E-state index is 0.0275. The van der Waals surface area contributed by atoms with Crippen LogP contribution in [0.15, 0.2) is 28.7 Å². The van der Waals surface area contributed by atoms with Crippen molar-refractivity contribution in [1.29, 1.82) is 0 Å². The van der Waals surface area contributed by atoms with E-state index >= 15 is 0 Å². The molecular formula is C14H18BrN3O2. The molecule has 0 saturated heterocycles. The maximum Gasteiger partial charge on any atom is 0.251 e. The monoisotopic (exact) mass is 339 g/mol. The zero-order valence-electron chi connectivity index (χ0n) is 11.1. The van der Waals surface area contributed by atoms with Crippen LogP contribution in [-0.2, 0) is 4.79 Å². The minimum Gasteiger partial charge on any atom is -0.353 e. The molecule has 0 bridgehead atoms. The number of carbonyl (C=O) groups is 2. The predicted molar refractivity (Wildman–Crippen MR) is 80.2 cm³/mol. The van der Waals surface area contributed by atoms with Gasteiger partial charge in [-0.2, -0.15) is 0 Å². The lowest BCUT2D eigenvalue weighted by atomic mass is 10.2. The molecule has 2 rings (SSSR count). The van der Waals surface area contributed by atoms with E-state index in [-0.39, 0.29) is 24.4 Å². The zero-order chi connectivity index (χ0) is 14.5. The smallest absolute Gasteiger partial charge is 0.251 e. The predicted octanol–water partition coefficient (Wildman–Crippen LogP) is 1.03. The van der Waals surface area contributed by atoms with Gasteiger partial charge in [-0.15, -0.1) is 0 Å². The highest BCUT2D eigenvalue weighted by Gasteiger charge is 2.28. The first-order valence-corrected chi connectivity index (χ1v) is 7.41. The Morgan fingerprint density at radius 1 is 1.35 bits per heavy atom. The Hall–Kier alpha value is -1.40. The quantitative estimate of drug-likeness (QED) is 0.723. The van der Waals surface area contributed by atoms with Crippen molar-refractivity contribution < 1.29 is 9.59 Å². The van der Waals surface area contributed by atoms with Crippen LogP contribution in [0.3, 0.4) is 0 Å². The minimum atomic E-state index is -0.270. The molecule has 1 aliphatic carbocycles. The molecule has 1 atom stereocenters. The number of halogens is 1. The van der Waals surface area contributed by atoms with Gasteiger partial charge >= 0.3 is 0 Å². The topological polar surface area (TPSA) is 84.2 Å². The lowest BCUT2D eigenvalue weighted by molar-refractivity contribution is -0.120. The Bertz CT molecular complexity index is 503. The number of nitrogens with two attached hydrogens (primary N) is 1. The molecule has 20 heavy (non-hydrogen) atoms. The van der Waals surface area contributed by atoms with Gasteiger partial charge in [0.05, 0.1) is 6.54 Å². The van der Waals surface area contributed by atoms with E-state index in [4.69, 9.17) is 5.73 Å². The fourth-order valence-electron chi connectivity index (χ4n) is 1.88. The number of rotatable bonds is 6. The van der Waals surface area contributed by atoms with E-state index in [9.17, 15) is 9.59 Å². The molecule has 0 spiro atoms. The normalized spacial score (nSPS) is 15.5. The maximum absolute atomic E-state index is 11.8. The summed E-state index contributed by atoms with van der Waals surface area (Å²) in [6, 6.07) is 7.04. The average Bonchev–Trinajstić information content (AvgIpc) is 3.26. The Balaban J connectivity index is 1.71. The Labute approximate surface area is 126 Å². The van der Waals surface area contributed by atoms with Crippen LogP contribution in [0, 0.1) is 5.92 Å². The highest BCUT2D eigenvalue weighted by Crippen LogP contribution is 2.31. The summed E-state index contributed by atoms with van der Waals surface area (Å²) in [6.45, 7) is 0.430. The van der Waals surface area contributed by atoms with Crippen molar-refractivity contribution in [1.82, 2.24) is 10.6 Å². The fourth-order valence-corrected chi connectivity index (χ4v) is 2.28. The Morgan fingerprint density at radius 2 is 2.10 bits per heavy atom. The second-order valence-corrected chi connectivity index (χ2v) is 5.91. The summed E-state index contributed by atoms with van der Waals surface area (Å²) in [5.74, 6) is 0.0592. The van der Waals surface area contributed by atoms with Crippen LogP contribution >= 0.6 is 15.9 Å². The van der Waals surface area contributed by atoms with Crippen molar-refractivity contribution in [2.75, 3.05) is 13.1 Å². The van der Waals surface area contributed by atoms with Crippen LogP contribution in [-0.4, -0.2) is 30.9 Å². The summed E-state index contributed by atoms with van der Waals surface area (Å²) in [6.07, 6.45) is 2.30. The van der Waals surface area contributed by atoms with Crippen molar-refractivity contribution in [3.63, 3.8) is 0 Å². The highest BCUT2D eigenvalue weighted by atomic mass is 79.9. The molecule has 1 aromatic rings. The summed E-state index contributed by atoms with van der Waals surface area (Å²) < 4.78 is 0.824. The number of hydrogen-bond donors (Lipinski definition) is 3. The third-order valence-electron chi connectivity index (χ3n) is 3.26. The SMILES string of the molecule is NC(CNC(=O)CNC(=O)c1cccc(Br)c1)C1CC1. The number of benzene rings is 1. The first-order valence-electron chi connectivity index (χ1n) is 6.62. The van der Waals surface area contributed by atoms with E-state index in [0.29, 0.717) is 18.0 Å². The lowest BCUT2D eigenvalue weighted by Crippen LogP contribution is -2.43. The van der Waals surface area contributed by atoms with E-state index in [1.165, 1.54) is 0 Å². The number of carbonyl (C=O) groups excluding carboxylic acids is 2. The number of nitrogens with one attached hydrogen (secondary N) is 2. The van der Waals surface area contributed by atoms with Gasteiger partial charge in [0.15, 0.2) is 0 Å². The fraction of sp³-hybridized carbons (Fsp3) is 0.429. The first-order chi connectivity index (χ1) is 9.56. The molecule has 1 fully saturated rings. The van der Waals surface area contributed by atoms with Gasteiger partial charge in [0.25, 0.3) is 5.91 Å². The van der Waals surface area contributed by atoms with Crippen molar-refractivity contribution in [2.24, 2.45) is 11.7 Å². The van der Waals surface area contributed by atoms with Crippen molar-refractivity contribution in [2.45, 2.75) is 18.9 Å². The van der Waals surface area contributed by atoms with E-state index < -0.39 is 0 Å². The standard InChI is InChI=1S/C14H18BrN3O2/c15-11-3-1-2-10(6-11)14(20)18-8-13(19)17-7-12(16)9-4-5-9/h1-3,6,9,12H,4-5,7-8,16H2,(H,17,19)(H,18,20). The molecule has 2 amide bonds.